The Kier molecular flexibility index (Phi) is 6.26. The highest BCUT2D eigenvalue weighted by molar-refractivity contribution is 8.02. The topological polar surface area (TPSA) is 0 Å². The minimum absolute atomic E-state index is 0.709. The maximum Gasteiger partial charge on any atom is 0.0116 e. The molecule has 0 saturated carbocycles. The molecule has 1 aromatic carbocycles. The van der Waals surface area contributed by atoms with Gasteiger partial charge in [-0.25, -0.2) is 0 Å². The largest absolute Gasteiger partial charge is 0.0984 e. The number of rotatable bonds is 6. The minimum Gasteiger partial charge on any atom is -0.0984 e. The van der Waals surface area contributed by atoms with Gasteiger partial charge in [-0.3, -0.25) is 0 Å². The molecule has 0 radical (unpaired) electrons. The van der Waals surface area contributed by atoms with Crippen LogP contribution in [0.1, 0.15) is 33.1 Å². The fourth-order valence-electron chi connectivity index (χ4n) is 1.37. The Morgan fingerprint density at radius 2 is 2.00 bits per heavy atom. The summed E-state index contributed by atoms with van der Waals surface area (Å²) in [7, 11) is 0. The van der Waals surface area contributed by atoms with Crippen molar-refractivity contribution in [1.29, 1.82) is 0 Å². The van der Waals surface area contributed by atoms with Gasteiger partial charge in [0, 0.05) is 4.90 Å². The Morgan fingerprint density at radius 3 is 2.67 bits per heavy atom. The van der Waals surface area contributed by atoms with Gasteiger partial charge < -0.3 is 0 Å². The molecule has 0 spiro atoms. The predicted octanol–water partition coefficient (Wildman–Crippen LogP) is 5.12. The molecule has 0 bridgehead atoms. The average molecular weight is 220 g/mol. The molecule has 0 aliphatic rings. The van der Waals surface area contributed by atoms with Crippen molar-refractivity contribution in [1.82, 2.24) is 0 Å². The molecule has 0 amide bonds. The molecule has 1 unspecified atom stereocenters. The first kappa shape index (κ1) is 12.4. The van der Waals surface area contributed by atoms with Gasteiger partial charge in [0.25, 0.3) is 0 Å². The molecule has 0 fully saturated rings. The highest BCUT2D eigenvalue weighted by atomic mass is 32.2. The van der Waals surface area contributed by atoms with Crippen molar-refractivity contribution < 1.29 is 0 Å². The van der Waals surface area contributed by atoms with E-state index in [2.05, 4.69) is 55.7 Å². The lowest BCUT2D eigenvalue weighted by atomic mass is 10.1. The number of benzene rings is 1. The van der Waals surface area contributed by atoms with Crippen LogP contribution in [0.5, 0.6) is 0 Å². The average Bonchev–Trinajstić information content (AvgIpc) is 2.28. The molecule has 82 valence electrons. The van der Waals surface area contributed by atoms with E-state index in [1.54, 1.807) is 11.8 Å². The van der Waals surface area contributed by atoms with E-state index in [0.717, 1.165) is 0 Å². The van der Waals surface area contributed by atoms with E-state index >= 15 is 0 Å². The molecule has 1 aromatic rings. The van der Waals surface area contributed by atoms with Crippen molar-refractivity contribution in [2.45, 2.75) is 38.0 Å². The van der Waals surface area contributed by atoms with Crippen LogP contribution in [0, 0.1) is 5.92 Å². The summed E-state index contributed by atoms with van der Waals surface area (Å²) in [6.07, 6.45) is 6.25. The molecule has 1 heteroatoms. The van der Waals surface area contributed by atoms with Gasteiger partial charge in [-0.2, -0.15) is 0 Å². The third-order valence-electron chi connectivity index (χ3n) is 2.37. The molecule has 0 N–H and O–H groups in total. The highest BCUT2D eigenvalue weighted by Gasteiger charge is 1.95. The van der Waals surface area contributed by atoms with Crippen molar-refractivity contribution in [3.8, 4) is 0 Å². The number of allylic oxidation sites excluding steroid dienone is 1. The predicted molar refractivity (Wildman–Crippen MR) is 70.1 cm³/mol. The zero-order chi connectivity index (χ0) is 10.9. The Hall–Kier alpha value is -0.690. The quantitative estimate of drug-likeness (QED) is 0.600. The number of hydrogen-bond acceptors (Lipinski definition) is 1. The fraction of sp³-hybridized carbons (Fsp3) is 0.429. The molecule has 0 nitrogen and oxygen atoms in total. The van der Waals surface area contributed by atoms with Crippen LogP contribution in [0.3, 0.4) is 0 Å². The molecule has 1 rings (SSSR count). The van der Waals surface area contributed by atoms with E-state index in [9.17, 15) is 0 Å². The van der Waals surface area contributed by atoms with Crippen LogP contribution in [0.2, 0.25) is 0 Å². The number of unbranched alkanes of at least 4 members (excludes halogenated alkanes) is 1. The van der Waals surface area contributed by atoms with Gasteiger partial charge in [-0.05, 0) is 29.9 Å². The molecular formula is C14H20S. The van der Waals surface area contributed by atoms with Crippen LogP contribution >= 0.6 is 11.8 Å². The van der Waals surface area contributed by atoms with Crippen LogP contribution in [-0.2, 0) is 0 Å². The van der Waals surface area contributed by atoms with Crippen LogP contribution in [0.15, 0.2) is 46.7 Å². The molecule has 0 saturated heterocycles. The Morgan fingerprint density at radius 1 is 1.27 bits per heavy atom. The number of hydrogen-bond donors (Lipinski definition) is 0. The second-order valence-corrected chi connectivity index (χ2v) is 4.86. The van der Waals surface area contributed by atoms with Crippen LogP contribution in [0.25, 0.3) is 0 Å². The highest BCUT2D eigenvalue weighted by Crippen LogP contribution is 2.20. The zero-order valence-electron chi connectivity index (χ0n) is 9.65. The lowest BCUT2D eigenvalue weighted by molar-refractivity contribution is 0.599. The smallest absolute Gasteiger partial charge is 0.0116 e. The van der Waals surface area contributed by atoms with E-state index in [0.29, 0.717) is 5.92 Å². The minimum atomic E-state index is 0.709. The lowest BCUT2D eigenvalue weighted by Crippen LogP contribution is -1.87. The molecule has 1 atom stereocenters. The van der Waals surface area contributed by atoms with Gasteiger partial charge in [-0.15, -0.1) is 0 Å². The molecule has 0 aliphatic heterocycles. The summed E-state index contributed by atoms with van der Waals surface area (Å²) in [4.78, 5) is 1.32. The summed E-state index contributed by atoms with van der Waals surface area (Å²) in [6, 6.07) is 10.5. The monoisotopic (exact) mass is 220 g/mol. The first-order valence-corrected chi connectivity index (χ1v) is 6.59. The lowest BCUT2D eigenvalue weighted by Gasteiger charge is -2.03. The Bertz CT molecular complexity index is 277. The van der Waals surface area contributed by atoms with Crippen molar-refractivity contribution >= 4 is 11.8 Å². The van der Waals surface area contributed by atoms with Crippen molar-refractivity contribution in [2.24, 2.45) is 5.92 Å². The first-order chi connectivity index (χ1) is 7.33. The van der Waals surface area contributed by atoms with Gasteiger partial charge in [0.1, 0.15) is 0 Å². The van der Waals surface area contributed by atoms with Crippen molar-refractivity contribution in [3.63, 3.8) is 0 Å². The van der Waals surface area contributed by atoms with E-state index in [4.69, 9.17) is 0 Å². The summed E-state index contributed by atoms with van der Waals surface area (Å²) in [5.41, 5.74) is 0. The second-order valence-electron chi connectivity index (χ2n) is 3.88. The summed E-state index contributed by atoms with van der Waals surface area (Å²) >= 11 is 1.80. The Labute approximate surface area is 97.8 Å². The second kappa shape index (κ2) is 7.58. The third kappa shape index (κ3) is 5.68. The molecular weight excluding hydrogens is 200 g/mol. The fourth-order valence-corrected chi connectivity index (χ4v) is 2.19. The molecule has 15 heavy (non-hydrogen) atoms. The summed E-state index contributed by atoms with van der Waals surface area (Å²) < 4.78 is 0. The van der Waals surface area contributed by atoms with E-state index in [-0.39, 0.29) is 0 Å². The van der Waals surface area contributed by atoms with Gasteiger partial charge in [0.15, 0.2) is 0 Å². The summed E-state index contributed by atoms with van der Waals surface area (Å²) in [5, 5.41) is 2.22. The van der Waals surface area contributed by atoms with E-state index in [1.165, 1.54) is 24.2 Å². The first-order valence-electron chi connectivity index (χ1n) is 5.71. The summed E-state index contributed by atoms with van der Waals surface area (Å²) in [5.74, 6) is 0.709. The van der Waals surface area contributed by atoms with Crippen molar-refractivity contribution in [2.75, 3.05) is 0 Å². The van der Waals surface area contributed by atoms with Crippen LogP contribution in [-0.4, -0.2) is 0 Å². The van der Waals surface area contributed by atoms with Crippen LogP contribution in [0.4, 0.5) is 0 Å². The maximum absolute atomic E-state index is 2.31. The van der Waals surface area contributed by atoms with Gasteiger partial charge >= 0.3 is 0 Å². The van der Waals surface area contributed by atoms with Crippen molar-refractivity contribution in [3.05, 3.63) is 41.8 Å². The van der Waals surface area contributed by atoms with Gasteiger partial charge in [-0.1, -0.05) is 62.7 Å². The summed E-state index contributed by atoms with van der Waals surface area (Å²) in [6.45, 7) is 4.53. The molecule has 0 heterocycles. The SMILES string of the molecule is CCCCC(C)/C=C\Sc1ccccc1. The number of thioether (sulfide) groups is 1. The van der Waals surface area contributed by atoms with E-state index in [1.807, 2.05) is 0 Å². The zero-order valence-corrected chi connectivity index (χ0v) is 10.5. The standard InChI is InChI=1S/C14H20S/c1-3-4-8-13(2)11-12-15-14-9-6-5-7-10-14/h5-7,9-13H,3-4,8H2,1-2H3/b12-11-. The van der Waals surface area contributed by atoms with Gasteiger partial charge in [0.2, 0.25) is 0 Å². The molecule has 0 aliphatic carbocycles. The van der Waals surface area contributed by atoms with Gasteiger partial charge in [0.05, 0.1) is 0 Å². The maximum atomic E-state index is 2.31. The third-order valence-corrected chi connectivity index (χ3v) is 3.20. The van der Waals surface area contributed by atoms with E-state index < -0.39 is 0 Å². The Balaban J connectivity index is 2.27. The van der Waals surface area contributed by atoms with Crippen LogP contribution < -0.4 is 0 Å². The normalized spacial score (nSPS) is 13.2. The molecule has 0 aromatic heterocycles.